The molecular formula is C20H13F3N2O6. The van der Waals surface area contributed by atoms with Crippen molar-refractivity contribution >= 4 is 11.6 Å². The van der Waals surface area contributed by atoms with Crippen molar-refractivity contribution in [3.63, 3.8) is 0 Å². The number of hydrogen-bond acceptors (Lipinski definition) is 7. The third-order valence-electron chi connectivity index (χ3n) is 5.08. The molecule has 1 amide bonds. The number of fused-ring (bicyclic) bond motifs is 2. The fraction of sp³-hybridized carbons (Fsp3) is 0.200. The average Bonchev–Trinajstić information content (AvgIpc) is 3.43. The Bertz CT molecular complexity index is 1210. The van der Waals surface area contributed by atoms with E-state index in [0.717, 1.165) is 17.0 Å². The van der Waals surface area contributed by atoms with Crippen molar-refractivity contribution in [3.8, 4) is 17.4 Å². The highest BCUT2D eigenvalue weighted by Gasteiger charge is 2.54. The van der Waals surface area contributed by atoms with Gasteiger partial charge in [0.15, 0.2) is 5.75 Å². The Morgan fingerprint density at radius 2 is 1.94 bits per heavy atom. The average molecular weight is 434 g/mol. The quantitative estimate of drug-likeness (QED) is 0.653. The molecule has 2 aliphatic heterocycles. The fourth-order valence-corrected chi connectivity index (χ4v) is 3.68. The molecule has 160 valence electrons. The summed E-state index contributed by atoms with van der Waals surface area (Å²) in [6, 6.07) is 9.18. The molecule has 1 unspecified atom stereocenters. The predicted molar refractivity (Wildman–Crippen MR) is 96.4 cm³/mol. The first-order chi connectivity index (χ1) is 14.7. The molecule has 0 bridgehead atoms. The molecule has 3 aromatic rings. The van der Waals surface area contributed by atoms with Crippen LogP contribution in [0.5, 0.6) is 17.4 Å². The molecule has 2 aromatic heterocycles. The van der Waals surface area contributed by atoms with E-state index in [9.17, 15) is 28.2 Å². The van der Waals surface area contributed by atoms with Gasteiger partial charge in [0.2, 0.25) is 18.2 Å². The summed E-state index contributed by atoms with van der Waals surface area (Å²) in [6.45, 7) is -0.514. The van der Waals surface area contributed by atoms with Crippen LogP contribution in [0.4, 0.5) is 18.9 Å². The summed E-state index contributed by atoms with van der Waals surface area (Å²) in [5, 5.41) is 21.9. The van der Waals surface area contributed by atoms with Gasteiger partial charge in [-0.1, -0.05) is 18.2 Å². The second-order valence-electron chi connectivity index (χ2n) is 6.95. The molecule has 31 heavy (non-hydrogen) atoms. The van der Waals surface area contributed by atoms with Crippen LogP contribution in [0.3, 0.4) is 0 Å². The van der Waals surface area contributed by atoms with Gasteiger partial charge in [0.05, 0.1) is 12.2 Å². The van der Waals surface area contributed by atoms with Crippen LogP contribution >= 0.6 is 0 Å². The van der Waals surface area contributed by atoms with Crippen LogP contribution in [-0.4, -0.2) is 27.9 Å². The minimum absolute atomic E-state index is 0.00851. The van der Waals surface area contributed by atoms with Crippen molar-refractivity contribution < 1.29 is 42.1 Å². The summed E-state index contributed by atoms with van der Waals surface area (Å²) < 4.78 is 53.7. The molecule has 0 saturated heterocycles. The van der Waals surface area contributed by atoms with Crippen LogP contribution < -0.4 is 14.4 Å². The topological polar surface area (TPSA) is 105 Å². The zero-order valence-corrected chi connectivity index (χ0v) is 15.5. The standard InChI is InChI=1S/C20H13F3N2O6/c21-20(22,23)15-6-5-10(31-15)8-25-12-4-2-1-3-11(12)19(28,18(25)27)16-13(26)7-14-17(24-16)30-9-29-14/h1-7,26,28H,8-9H2. The smallest absolute Gasteiger partial charge is 0.449 e. The van der Waals surface area contributed by atoms with E-state index in [0.29, 0.717) is 0 Å². The number of ether oxygens (including phenoxy) is 2. The van der Waals surface area contributed by atoms with Crippen molar-refractivity contribution in [2.75, 3.05) is 11.7 Å². The number of para-hydroxylation sites is 1. The van der Waals surface area contributed by atoms with Crippen molar-refractivity contribution in [2.24, 2.45) is 0 Å². The Morgan fingerprint density at radius 3 is 2.68 bits per heavy atom. The maximum absolute atomic E-state index is 13.3. The van der Waals surface area contributed by atoms with Gasteiger partial charge in [-0.3, -0.25) is 4.79 Å². The van der Waals surface area contributed by atoms with Gasteiger partial charge in [0.25, 0.3) is 11.8 Å². The monoisotopic (exact) mass is 434 g/mol. The normalized spacial score (nSPS) is 19.7. The van der Waals surface area contributed by atoms with Gasteiger partial charge >= 0.3 is 6.18 Å². The van der Waals surface area contributed by atoms with Crippen molar-refractivity contribution in [1.82, 2.24) is 4.98 Å². The number of hydrogen-bond donors (Lipinski definition) is 2. The number of anilines is 1. The van der Waals surface area contributed by atoms with Gasteiger partial charge in [-0.2, -0.15) is 13.2 Å². The van der Waals surface area contributed by atoms with E-state index in [1.54, 1.807) is 12.1 Å². The largest absolute Gasteiger partial charge is 0.506 e. The van der Waals surface area contributed by atoms with E-state index in [1.165, 1.54) is 18.2 Å². The molecule has 0 saturated carbocycles. The zero-order valence-electron chi connectivity index (χ0n) is 15.5. The number of halogens is 3. The summed E-state index contributed by atoms with van der Waals surface area (Å²) >= 11 is 0. The molecule has 5 rings (SSSR count). The van der Waals surface area contributed by atoms with E-state index in [1.807, 2.05) is 0 Å². The van der Waals surface area contributed by atoms with Crippen LogP contribution in [0.15, 0.2) is 46.9 Å². The molecule has 0 spiro atoms. The number of carbonyl (C=O) groups is 1. The Morgan fingerprint density at radius 1 is 1.16 bits per heavy atom. The number of benzene rings is 1. The number of aliphatic hydroxyl groups is 1. The highest BCUT2D eigenvalue weighted by Crippen LogP contribution is 2.48. The predicted octanol–water partition coefficient (Wildman–Crippen LogP) is 2.91. The minimum atomic E-state index is -4.67. The molecular weight excluding hydrogens is 421 g/mol. The molecule has 8 nitrogen and oxygen atoms in total. The molecule has 11 heteroatoms. The van der Waals surface area contributed by atoms with E-state index in [4.69, 9.17) is 13.9 Å². The number of amides is 1. The summed E-state index contributed by atoms with van der Waals surface area (Å²) in [7, 11) is 0. The van der Waals surface area contributed by atoms with Gasteiger partial charge in [0.1, 0.15) is 17.2 Å². The Kier molecular flexibility index (Phi) is 3.96. The van der Waals surface area contributed by atoms with Gasteiger partial charge in [-0.05, 0) is 18.2 Å². The molecule has 1 atom stereocenters. The van der Waals surface area contributed by atoms with Crippen LogP contribution in [-0.2, 0) is 23.1 Å². The fourth-order valence-electron chi connectivity index (χ4n) is 3.68. The van der Waals surface area contributed by atoms with Gasteiger partial charge < -0.3 is 29.0 Å². The van der Waals surface area contributed by atoms with E-state index in [2.05, 4.69) is 4.98 Å². The molecule has 2 N–H and O–H groups in total. The van der Waals surface area contributed by atoms with Gasteiger partial charge in [0, 0.05) is 11.6 Å². The van der Waals surface area contributed by atoms with Crippen molar-refractivity contribution in [2.45, 2.75) is 18.3 Å². The Hall–Kier alpha value is -3.73. The van der Waals surface area contributed by atoms with E-state index in [-0.39, 0.29) is 47.7 Å². The van der Waals surface area contributed by atoms with E-state index < -0.39 is 29.2 Å². The lowest BCUT2D eigenvalue weighted by atomic mass is 9.90. The van der Waals surface area contributed by atoms with E-state index >= 15 is 0 Å². The second kappa shape index (κ2) is 6.38. The number of rotatable bonds is 3. The molecule has 0 radical (unpaired) electrons. The molecule has 0 aliphatic carbocycles. The molecule has 2 aliphatic rings. The maximum atomic E-state index is 13.3. The van der Waals surface area contributed by atoms with Crippen LogP contribution in [0.2, 0.25) is 0 Å². The van der Waals surface area contributed by atoms with Crippen LogP contribution in [0, 0.1) is 0 Å². The molecule has 4 heterocycles. The highest BCUT2D eigenvalue weighted by atomic mass is 19.4. The molecule has 1 aromatic carbocycles. The summed E-state index contributed by atoms with van der Waals surface area (Å²) in [5.74, 6) is -2.62. The lowest BCUT2D eigenvalue weighted by Gasteiger charge is -2.23. The number of aromatic nitrogens is 1. The third kappa shape index (κ3) is 2.81. The van der Waals surface area contributed by atoms with Crippen molar-refractivity contribution in [3.05, 3.63) is 65.2 Å². The Labute approximate surface area is 172 Å². The van der Waals surface area contributed by atoms with Gasteiger partial charge in [-0.25, -0.2) is 4.98 Å². The first kappa shape index (κ1) is 19.2. The summed E-state index contributed by atoms with van der Waals surface area (Å²) in [5.41, 5.74) is -2.45. The minimum Gasteiger partial charge on any atom is -0.506 e. The summed E-state index contributed by atoms with van der Waals surface area (Å²) in [6.07, 6.45) is -4.67. The highest BCUT2D eigenvalue weighted by molar-refractivity contribution is 6.09. The number of furan rings is 1. The second-order valence-corrected chi connectivity index (χ2v) is 6.95. The first-order valence-corrected chi connectivity index (χ1v) is 8.99. The lowest BCUT2D eigenvalue weighted by Crippen LogP contribution is -2.41. The van der Waals surface area contributed by atoms with Crippen LogP contribution in [0.1, 0.15) is 22.8 Å². The van der Waals surface area contributed by atoms with Crippen LogP contribution in [0.25, 0.3) is 0 Å². The SMILES string of the molecule is O=C1N(Cc2ccc(C(F)(F)F)o2)c2ccccc2C1(O)c1nc2c(cc1O)OCO2. The lowest BCUT2D eigenvalue weighted by molar-refractivity contribution is -0.153. The number of pyridine rings is 1. The number of nitrogens with zero attached hydrogens (tertiary/aromatic N) is 2. The molecule has 0 fully saturated rings. The maximum Gasteiger partial charge on any atom is 0.449 e. The van der Waals surface area contributed by atoms with Crippen molar-refractivity contribution in [1.29, 1.82) is 0 Å². The number of aromatic hydroxyl groups is 1. The summed E-state index contributed by atoms with van der Waals surface area (Å²) in [4.78, 5) is 18.5. The van der Waals surface area contributed by atoms with Gasteiger partial charge in [-0.15, -0.1) is 0 Å². The third-order valence-corrected chi connectivity index (χ3v) is 5.08. The zero-order chi connectivity index (χ0) is 22.0. The first-order valence-electron chi connectivity index (χ1n) is 8.99. The Balaban J connectivity index is 1.58. The number of carbonyl (C=O) groups excluding carboxylic acids is 1. The number of alkyl halides is 3.